The van der Waals surface area contributed by atoms with Gasteiger partial charge in [0.25, 0.3) is 0 Å². The van der Waals surface area contributed by atoms with Gasteiger partial charge in [0.05, 0.1) is 5.57 Å². The molecule has 0 saturated carbocycles. The van der Waals surface area contributed by atoms with E-state index in [0.717, 1.165) is 12.2 Å². The van der Waals surface area contributed by atoms with Crippen molar-refractivity contribution >= 4 is 29.2 Å². The van der Waals surface area contributed by atoms with Gasteiger partial charge in [-0.2, -0.15) is 11.8 Å². The van der Waals surface area contributed by atoms with E-state index >= 15 is 0 Å². The number of ketones is 1. The fourth-order valence-electron chi connectivity index (χ4n) is 1.87. The Bertz CT molecular complexity index is 555. The summed E-state index contributed by atoms with van der Waals surface area (Å²) >= 11 is 1.67. The molecule has 0 aromatic carbocycles. The Kier molecular flexibility index (Phi) is 2.22. The van der Waals surface area contributed by atoms with E-state index in [0.29, 0.717) is 17.0 Å². The van der Waals surface area contributed by atoms with E-state index in [9.17, 15) is 14.9 Å². The summed E-state index contributed by atoms with van der Waals surface area (Å²) in [5.41, 5.74) is 1.39. The lowest BCUT2D eigenvalue weighted by molar-refractivity contribution is -0.351. The summed E-state index contributed by atoms with van der Waals surface area (Å²) in [7, 11) is 0. The molecule has 3 rings (SSSR count). The molecular formula is C10H7N3O3S. The van der Waals surface area contributed by atoms with Crippen molar-refractivity contribution in [1.29, 1.82) is 0 Å². The van der Waals surface area contributed by atoms with Crippen LogP contribution >= 0.6 is 11.8 Å². The highest BCUT2D eigenvalue weighted by Gasteiger charge is 2.39. The van der Waals surface area contributed by atoms with E-state index in [2.05, 4.69) is 9.98 Å². The molecule has 1 aliphatic carbocycles. The fraction of sp³-hybridized carbons (Fsp3) is 0.300. The molecule has 1 fully saturated rings. The van der Waals surface area contributed by atoms with Gasteiger partial charge < -0.3 is 10.1 Å². The number of carbonyl (C=O) groups excluding carboxylic acids is 1. The van der Waals surface area contributed by atoms with Crippen LogP contribution in [0.25, 0.3) is 0 Å². The van der Waals surface area contributed by atoms with Gasteiger partial charge >= 0.3 is 5.96 Å². The van der Waals surface area contributed by atoms with Crippen molar-refractivity contribution in [2.75, 3.05) is 5.75 Å². The maximum Gasteiger partial charge on any atom is 0.470 e. The monoisotopic (exact) mass is 249 g/mol. The highest BCUT2D eigenvalue weighted by Crippen LogP contribution is 2.38. The molecular weight excluding hydrogens is 242 g/mol. The largest absolute Gasteiger partial charge is 0.470 e. The lowest BCUT2D eigenvalue weighted by Gasteiger charge is -2.26. The molecule has 86 valence electrons. The number of guanidine groups is 1. The molecule has 2 aliphatic heterocycles. The van der Waals surface area contributed by atoms with Gasteiger partial charge in [0.1, 0.15) is 0 Å². The smallest absolute Gasteiger partial charge is 0.390 e. The van der Waals surface area contributed by atoms with E-state index in [-0.39, 0.29) is 11.0 Å². The van der Waals surface area contributed by atoms with Gasteiger partial charge in [-0.05, 0) is 29.2 Å². The molecule has 0 aromatic rings. The minimum absolute atomic E-state index is 0.107. The molecule has 0 N–H and O–H groups in total. The van der Waals surface area contributed by atoms with Crippen LogP contribution in [0, 0.1) is 10.1 Å². The molecule has 0 amide bonds. The van der Waals surface area contributed by atoms with Gasteiger partial charge in [0, 0.05) is 5.25 Å². The second kappa shape index (κ2) is 3.63. The molecule has 2 heterocycles. The number of hydrogen-bond donors (Lipinski definition) is 0. The van der Waals surface area contributed by atoms with Crippen LogP contribution in [0.5, 0.6) is 0 Å². The zero-order valence-corrected chi connectivity index (χ0v) is 9.44. The Balaban J connectivity index is 2.09. The second-order valence-corrected chi connectivity index (χ2v) is 5.08. The first-order valence-electron chi connectivity index (χ1n) is 5.07. The highest BCUT2D eigenvalue weighted by molar-refractivity contribution is 8.01. The molecule has 1 saturated heterocycles. The molecule has 6 nitrogen and oxygen atoms in total. The SMILES string of the molecule is O=C1C=CC2=NC([N+](=O)[O-])=NC2=C1C1CCS1. The van der Waals surface area contributed by atoms with Crippen molar-refractivity contribution < 1.29 is 9.72 Å². The average Bonchev–Trinajstić information content (AvgIpc) is 2.63. The van der Waals surface area contributed by atoms with Gasteiger partial charge in [-0.25, -0.2) is 0 Å². The van der Waals surface area contributed by atoms with E-state index < -0.39 is 10.9 Å². The standard InChI is InChI=1S/C10H7N3O3S/c14-6-2-1-5-9(8(6)7-3-4-17-7)12-10(11-5)13(15)16/h1-2,7H,3-4H2. The zero-order valence-electron chi connectivity index (χ0n) is 8.62. The minimum atomic E-state index is -0.637. The molecule has 17 heavy (non-hydrogen) atoms. The van der Waals surface area contributed by atoms with Crippen LogP contribution in [-0.2, 0) is 4.79 Å². The van der Waals surface area contributed by atoms with Crippen molar-refractivity contribution in [3.8, 4) is 0 Å². The van der Waals surface area contributed by atoms with E-state index in [1.54, 1.807) is 11.8 Å². The fourth-order valence-corrected chi connectivity index (χ4v) is 2.74. The normalized spacial score (nSPS) is 26.4. The van der Waals surface area contributed by atoms with Crippen molar-refractivity contribution in [2.45, 2.75) is 11.7 Å². The van der Waals surface area contributed by atoms with Crippen LogP contribution in [0.15, 0.2) is 33.4 Å². The third kappa shape index (κ3) is 1.54. The van der Waals surface area contributed by atoms with Crippen LogP contribution in [-0.4, -0.2) is 33.4 Å². The number of fused-ring (bicyclic) bond motifs is 1. The Hall–Kier alpha value is -1.76. The Morgan fingerprint density at radius 3 is 2.76 bits per heavy atom. The van der Waals surface area contributed by atoms with Gasteiger partial charge in [-0.1, -0.05) is 9.98 Å². The maximum absolute atomic E-state index is 11.8. The van der Waals surface area contributed by atoms with E-state index in [1.165, 1.54) is 12.2 Å². The molecule has 7 heteroatoms. The second-order valence-electron chi connectivity index (χ2n) is 3.77. The summed E-state index contributed by atoms with van der Waals surface area (Å²) < 4.78 is 0. The van der Waals surface area contributed by atoms with Crippen LogP contribution in [0.4, 0.5) is 0 Å². The molecule has 0 spiro atoms. The van der Waals surface area contributed by atoms with Gasteiger partial charge in [0.15, 0.2) is 17.2 Å². The first kappa shape index (κ1) is 10.4. The van der Waals surface area contributed by atoms with Gasteiger partial charge in [-0.3, -0.25) is 4.79 Å². The first-order valence-corrected chi connectivity index (χ1v) is 6.12. The summed E-state index contributed by atoms with van der Waals surface area (Å²) in [6.45, 7) is 0. The zero-order chi connectivity index (χ0) is 12.0. The third-order valence-electron chi connectivity index (χ3n) is 2.77. The summed E-state index contributed by atoms with van der Waals surface area (Å²) in [5, 5.41) is 10.7. The topological polar surface area (TPSA) is 84.9 Å². The predicted molar refractivity (Wildman–Crippen MR) is 63.9 cm³/mol. The number of nitrogens with zero attached hydrogens (tertiary/aromatic N) is 3. The van der Waals surface area contributed by atoms with Gasteiger partial charge in [-0.15, -0.1) is 0 Å². The number of hydrogen-bond acceptors (Lipinski definition) is 6. The molecule has 0 bridgehead atoms. The molecule has 0 radical (unpaired) electrons. The lowest BCUT2D eigenvalue weighted by atomic mass is 9.95. The Morgan fingerprint density at radius 2 is 2.18 bits per heavy atom. The summed E-state index contributed by atoms with van der Waals surface area (Å²) in [6.07, 6.45) is 3.82. The summed E-state index contributed by atoms with van der Waals surface area (Å²) in [4.78, 5) is 29.4. The van der Waals surface area contributed by atoms with Crippen LogP contribution in [0.3, 0.4) is 0 Å². The highest BCUT2D eigenvalue weighted by atomic mass is 32.2. The number of thioether (sulfide) groups is 1. The molecule has 1 unspecified atom stereocenters. The summed E-state index contributed by atoms with van der Waals surface area (Å²) in [5.74, 6) is 0.470. The average molecular weight is 249 g/mol. The molecule has 0 aromatic heterocycles. The lowest BCUT2D eigenvalue weighted by Crippen LogP contribution is -2.27. The van der Waals surface area contributed by atoms with Crippen molar-refractivity contribution in [1.82, 2.24) is 0 Å². The predicted octanol–water partition coefficient (Wildman–Crippen LogP) is 0.972. The third-order valence-corrected chi connectivity index (χ3v) is 4.12. The van der Waals surface area contributed by atoms with Crippen LogP contribution < -0.4 is 0 Å². The van der Waals surface area contributed by atoms with Crippen LogP contribution in [0.1, 0.15) is 6.42 Å². The minimum Gasteiger partial charge on any atom is -0.390 e. The van der Waals surface area contributed by atoms with Crippen molar-refractivity contribution in [3.63, 3.8) is 0 Å². The Labute approximate surface area is 100 Å². The maximum atomic E-state index is 11.8. The quantitative estimate of drug-likeness (QED) is 0.393. The summed E-state index contributed by atoms with van der Waals surface area (Å²) in [6, 6.07) is 0. The number of carbonyl (C=O) groups is 1. The number of rotatable bonds is 1. The number of nitro groups is 1. The van der Waals surface area contributed by atoms with Gasteiger partial charge in [0.2, 0.25) is 0 Å². The van der Waals surface area contributed by atoms with E-state index in [1.807, 2.05) is 0 Å². The Morgan fingerprint density at radius 1 is 1.41 bits per heavy atom. The van der Waals surface area contributed by atoms with Crippen molar-refractivity contribution in [3.05, 3.63) is 33.5 Å². The van der Waals surface area contributed by atoms with E-state index in [4.69, 9.17) is 0 Å². The van der Waals surface area contributed by atoms with Crippen molar-refractivity contribution in [2.24, 2.45) is 9.98 Å². The number of allylic oxidation sites excluding steroid dienone is 2. The van der Waals surface area contributed by atoms with Crippen LogP contribution in [0.2, 0.25) is 0 Å². The first-order chi connectivity index (χ1) is 8.16. The molecule has 3 aliphatic rings. The number of aliphatic imine (C=N–C) groups is 2. The molecule has 1 atom stereocenters.